The molecule has 0 aliphatic carbocycles. The molecule has 0 bridgehead atoms. The van der Waals surface area contributed by atoms with Crippen LogP contribution in [0.2, 0.25) is 0 Å². The third-order valence-corrected chi connectivity index (χ3v) is 5.90. The predicted molar refractivity (Wildman–Crippen MR) is 154 cm³/mol. The molecule has 0 aromatic heterocycles. The van der Waals surface area contributed by atoms with Crippen LogP contribution in [-0.2, 0) is 11.2 Å². The van der Waals surface area contributed by atoms with Crippen molar-refractivity contribution in [3.05, 3.63) is 84.5 Å². The van der Waals surface area contributed by atoms with E-state index in [1.165, 1.54) is 18.3 Å². The summed E-state index contributed by atoms with van der Waals surface area (Å²) in [6.07, 6.45) is 1.42. The number of benzene rings is 2. The minimum atomic E-state index is -4.71. The van der Waals surface area contributed by atoms with Crippen molar-refractivity contribution < 1.29 is 27.1 Å². The SMILES string of the molecule is C=CC(=C)Nc1ccc(/C=C/N(N=N)C2CCc3c(F)cccc3N(CC(F)(F)F)C2=O)cc1OCC.CC=NC. The van der Waals surface area contributed by atoms with E-state index in [4.69, 9.17) is 10.3 Å². The van der Waals surface area contributed by atoms with Gasteiger partial charge in [0, 0.05) is 24.5 Å². The summed E-state index contributed by atoms with van der Waals surface area (Å²) in [7, 11) is 1.75. The Morgan fingerprint density at radius 2 is 2.02 bits per heavy atom. The molecule has 2 N–H and O–H groups in total. The van der Waals surface area contributed by atoms with Gasteiger partial charge in [0.15, 0.2) is 0 Å². The maximum atomic E-state index is 14.5. The molecule has 3 rings (SSSR count). The summed E-state index contributed by atoms with van der Waals surface area (Å²) in [6.45, 7) is 9.97. The molecule has 1 amide bonds. The van der Waals surface area contributed by atoms with Gasteiger partial charge in [0.2, 0.25) is 0 Å². The van der Waals surface area contributed by atoms with Crippen LogP contribution >= 0.6 is 0 Å². The fourth-order valence-corrected chi connectivity index (χ4v) is 3.95. The Bertz CT molecular complexity index is 1290. The molecule has 1 atom stereocenters. The second-order valence-corrected chi connectivity index (χ2v) is 8.69. The number of nitrogens with zero attached hydrogens (tertiary/aromatic N) is 4. The Morgan fingerprint density at radius 3 is 2.61 bits per heavy atom. The number of fused-ring (bicyclic) bond motifs is 1. The fourth-order valence-electron chi connectivity index (χ4n) is 3.95. The van der Waals surface area contributed by atoms with Gasteiger partial charge in [-0.25, -0.2) is 9.40 Å². The van der Waals surface area contributed by atoms with E-state index in [2.05, 4.69) is 28.7 Å². The van der Waals surface area contributed by atoms with Gasteiger partial charge in [0.25, 0.3) is 5.91 Å². The average Bonchev–Trinajstić information content (AvgIpc) is 3.07. The number of hydrogen-bond donors (Lipinski definition) is 2. The molecule has 1 aliphatic rings. The molecular formula is C29H34F4N6O2. The van der Waals surface area contributed by atoms with Crippen LogP contribution in [0.5, 0.6) is 5.75 Å². The highest BCUT2D eigenvalue weighted by Gasteiger charge is 2.40. The van der Waals surface area contributed by atoms with Crippen molar-refractivity contribution in [2.75, 3.05) is 30.4 Å². The van der Waals surface area contributed by atoms with Gasteiger partial charge in [-0.3, -0.25) is 4.79 Å². The Labute approximate surface area is 237 Å². The molecule has 2 aromatic carbocycles. The smallest absolute Gasteiger partial charge is 0.406 e. The van der Waals surface area contributed by atoms with E-state index in [0.717, 1.165) is 11.1 Å². The van der Waals surface area contributed by atoms with E-state index in [1.54, 1.807) is 43.6 Å². The number of aliphatic imine (C=N–C) groups is 1. The van der Waals surface area contributed by atoms with Crippen molar-refractivity contribution in [3.63, 3.8) is 0 Å². The number of amides is 1. The van der Waals surface area contributed by atoms with Crippen LogP contribution in [0.3, 0.4) is 0 Å². The topological polar surface area (TPSA) is 93.4 Å². The van der Waals surface area contributed by atoms with Gasteiger partial charge < -0.3 is 19.9 Å². The zero-order valence-electron chi connectivity index (χ0n) is 23.2. The minimum absolute atomic E-state index is 0.00528. The highest BCUT2D eigenvalue weighted by molar-refractivity contribution is 5.98. The van der Waals surface area contributed by atoms with E-state index in [1.807, 2.05) is 13.8 Å². The number of carbonyl (C=O) groups excluding carboxylic acids is 1. The van der Waals surface area contributed by atoms with Crippen LogP contribution in [0, 0.1) is 11.3 Å². The number of nitrogens with one attached hydrogen (secondary N) is 2. The summed E-state index contributed by atoms with van der Waals surface area (Å²) < 4.78 is 60.2. The molecule has 8 nitrogen and oxygen atoms in total. The number of hydrogen-bond acceptors (Lipinski definition) is 6. The molecule has 0 fully saturated rings. The first-order valence-electron chi connectivity index (χ1n) is 12.7. The van der Waals surface area contributed by atoms with Gasteiger partial charge in [-0.1, -0.05) is 30.5 Å². The Morgan fingerprint density at radius 1 is 1.32 bits per heavy atom. The second-order valence-electron chi connectivity index (χ2n) is 8.69. The van der Waals surface area contributed by atoms with Crippen molar-refractivity contribution in [3.8, 4) is 5.75 Å². The number of allylic oxidation sites excluding steroid dienone is 1. The molecule has 2 aromatic rings. The number of carbonyl (C=O) groups is 1. The standard InChI is InChI=1S/C26H27F4N5O2.C3H7N/c1-4-17(3)32-21-11-9-18(15-24(21)37-5-2)13-14-35(33-31)23-12-10-19-20(27)7-6-8-22(19)34(25(23)36)16-26(28,29)30;1-3-4-2/h4,6-9,11,13-15,23,31-32H,1,3,5,10,12,16H2,2H3;3H,1-2H3/b14-13+,33-31?;. The number of rotatable bonds is 10. The normalized spacial score (nSPS) is 15.0. The molecule has 0 spiro atoms. The number of ether oxygens (including phenoxy) is 1. The third kappa shape index (κ3) is 9.30. The molecule has 0 saturated carbocycles. The Kier molecular flexibility index (Phi) is 12.2. The highest BCUT2D eigenvalue weighted by atomic mass is 19.4. The van der Waals surface area contributed by atoms with Crippen LogP contribution in [0.1, 0.15) is 31.4 Å². The summed E-state index contributed by atoms with van der Waals surface area (Å²) in [6, 6.07) is 7.62. The molecule has 12 heteroatoms. The third-order valence-electron chi connectivity index (χ3n) is 5.90. The lowest BCUT2D eigenvalue weighted by Crippen LogP contribution is -2.47. The van der Waals surface area contributed by atoms with Crippen LogP contribution in [-0.4, -0.2) is 49.5 Å². The summed E-state index contributed by atoms with van der Waals surface area (Å²) in [5, 5.41) is 7.40. The zero-order valence-corrected chi connectivity index (χ0v) is 23.2. The van der Waals surface area contributed by atoms with Gasteiger partial charge >= 0.3 is 6.18 Å². The van der Waals surface area contributed by atoms with Gasteiger partial charge in [0.1, 0.15) is 24.2 Å². The lowest BCUT2D eigenvalue weighted by atomic mass is 10.0. The van der Waals surface area contributed by atoms with Crippen molar-refractivity contribution in [2.24, 2.45) is 10.2 Å². The van der Waals surface area contributed by atoms with Crippen LogP contribution in [0.15, 0.2) is 77.7 Å². The van der Waals surface area contributed by atoms with E-state index in [-0.39, 0.29) is 24.1 Å². The summed E-state index contributed by atoms with van der Waals surface area (Å²) in [5.41, 5.74) is 9.30. The molecule has 41 heavy (non-hydrogen) atoms. The summed E-state index contributed by atoms with van der Waals surface area (Å²) in [4.78, 5) is 17.4. The Hall–Kier alpha value is -4.48. The Balaban J connectivity index is 0.00000138. The number of halogens is 4. The van der Waals surface area contributed by atoms with E-state index in [9.17, 15) is 22.4 Å². The van der Waals surface area contributed by atoms with Crippen LogP contribution in [0.4, 0.5) is 28.9 Å². The van der Waals surface area contributed by atoms with E-state index in [0.29, 0.717) is 34.2 Å². The number of alkyl halides is 3. The van der Waals surface area contributed by atoms with Crippen LogP contribution < -0.4 is 15.0 Å². The largest absolute Gasteiger partial charge is 0.492 e. The molecular weight excluding hydrogens is 540 g/mol. The fraction of sp³-hybridized carbons (Fsp3) is 0.310. The molecule has 1 heterocycles. The quantitative estimate of drug-likeness (QED) is 0.103. The molecule has 0 radical (unpaired) electrons. The first kappa shape index (κ1) is 32.7. The molecule has 1 aliphatic heterocycles. The second kappa shape index (κ2) is 15.3. The van der Waals surface area contributed by atoms with E-state index < -0.39 is 30.5 Å². The van der Waals surface area contributed by atoms with Crippen LogP contribution in [0.25, 0.3) is 6.08 Å². The molecule has 1 unspecified atom stereocenters. The van der Waals surface area contributed by atoms with E-state index >= 15 is 0 Å². The summed E-state index contributed by atoms with van der Waals surface area (Å²) >= 11 is 0. The predicted octanol–water partition coefficient (Wildman–Crippen LogP) is 7.17. The first-order chi connectivity index (χ1) is 19.5. The first-order valence-corrected chi connectivity index (χ1v) is 12.7. The van der Waals surface area contributed by atoms with Crippen molar-refractivity contribution in [1.82, 2.24) is 5.01 Å². The highest BCUT2D eigenvalue weighted by Crippen LogP contribution is 2.33. The van der Waals surface area contributed by atoms with Gasteiger partial charge in [-0.15, -0.1) is 0 Å². The lowest BCUT2D eigenvalue weighted by molar-refractivity contribution is -0.135. The monoisotopic (exact) mass is 574 g/mol. The molecule has 220 valence electrons. The van der Waals surface area contributed by atoms with Gasteiger partial charge in [-0.05, 0) is 74.9 Å². The van der Waals surface area contributed by atoms with Gasteiger partial charge in [0.05, 0.1) is 18.0 Å². The van der Waals surface area contributed by atoms with Crippen molar-refractivity contribution in [1.29, 1.82) is 5.53 Å². The average molecular weight is 575 g/mol. The molecule has 0 saturated heterocycles. The number of anilines is 2. The summed E-state index contributed by atoms with van der Waals surface area (Å²) in [5.74, 6) is -1.12. The van der Waals surface area contributed by atoms with Crippen molar-refractivity contribution in [2.45, 2.75) is 38.9 Å². The zero-order chi connectivity index (χ0) is 30.6. The maximum Gasteiger partial charge on any atom is 0.406 e. The van der Waals surface area contributed by atoms with Gasteiger partial charge in [-0.2, -0.15) is 18.7 Å². The van der Waals surface area contributed by atoms with Crippen molar-refractivity contribution >= 4 is 29.6 Å². The lowest BCUT2D eigenvalue weighted by Gasteiger charge is -2.29. The minimum Gasteiger partial charge on any atom is -0.492 e. The maximum absolute atomic E-state index is 14.5.